The van der Waals surface area contributed by atoms with E-state index in [0.717, 1.165) is 0 Å². The Bertz CT molecular complexity index is 868. The number of piperazine rings is 1. The van der Waals surface area contributed by atoms with E-state index in [0.29, 0.717) is 48.9 Å². The van der Waals surface area contributed by atoms with Crippen LogP contribution in [0, 0.1) is 11.3 Å². The fraction of sp³-hybridized carbons (Fsp3) is 0.263. The lowest BCUT2D eigenvalue weighted by Gasteiger charge is -2.35. The molecule has 0 bridgehead atoms. The van der Waals surface area contributed by atoms with Crippen LogP contribution in [0.3, 0.4) is 0 Å². The number of ether oxygens (including phenoxy) is 1. The van der Waals surface area contributed by atoms with Gasteiger partial charge >= 0.3 is 0 Å². The van der Waals surface area contributed by atoms with Crippen LogP contribution < -0.4 is 15.4 Å². The average molecular weight is 365 g/mol. The van der Waals surface area contributed by atoms with Gasteiger partial charge in [-0.3, -0.25) is 9.59 Å². The number of hydrogen-bond acceptors (Lipinski definition) is 6. The number of aromatic nitrogens is 1. The van der Waals surface area contributed by atoms with Crippen molar-refractivity contribution >= 4 is 17.6 Å². The van der Waals surface area contributed by atoms with Gasteiger partial charge in [-0.05, 0) is 36.4 Å². The quantitative estimate of drug-likeness (QED) is 0.838. The maximum Gasteiger partial charge on any atom is 0.255 e. The second-order valence-corrected chi connectivity index (χ2v) is 6.04. The van der Waals surface area contributed by atoms with Crippen LogP contribution in [0.2, 0.25) is 0 Å². The van der Waals surface area contributed by atoms with Crippen molar-refractivity contribution in [2.45, 2.75) is 0 Å². The van der Waals surface area contributed by atoms with Gasteiger partial charge in [0.1, 0.15) is 17.6 Å². The molecule has 1 aliphatic rings. The molecule has 0 saturated carbocycles. The lowest BCUT2D eigenvalue weighted by Crippen LogP contribution is -2.49. The summed E-state index contributed by atoms with van der Waals surface area (Å²) in [6.45, 7) is 2.10. The Balaban J connectivity index is 1.60. The Morgan fingerprint density at radius 2 is 1.85 bits per heavy atom. The maximum absolute atomic E-state index is 12.7. The average Bonchev–Trinajstić information content (AvgIpc) is 2.72. The lowest BCUT2D eigenvalue weighted by atomic mass is 10.1. The monoisotopic (exact) mass is 365 g/mol. The molecule has 2 heterocycles. The van der Waals surface area contributed by atoms with Crippen molar-refractivity contribution in [3.05, 3.63) is 53.7 Å². The first-order chi connectivity index (χ1) is 13.1. The Morgan fingerprint density at radius 3 is 2.48 bits per heavy atom. The Hall–Kier alpha value is -3.60. The highest BCUT2D eigenvalue weighted by atomic mass is 16.5. The SMILES string of the molecule is N#Cc1cccnc1N1CCN(C(=O)c2ccc(OCC(N)=O)cc2)CC1. The smallest absolute Gasteiger partial charge is 0.255 e. The molecule has 8 heteroatoms. The molecule has 2 N–H and O–H groups in total. The van der Waals surface area contributed by atoms with Crippen molar-refractivity contribution in [1.82, 2.24) is 9.88 Å². The molecule has 3 rings (SSSR count). The van der Waals surface area contributed by atoms with Gasteiger partial charge in [0.05, 0.1) is 5.56 Å². The van der Waals surface area contributed by atoms with Crippen LogP contribution >= 0.6 is 0 Å². The fourth-order valence-corrected chi connectivity index (χ4v) is 2.89. The van der Waals surface area contributed by atoms with Crippen LogP contribution in [-0.4, -0.2) is 54.5 Å². The van der Waals surface area contributed by atoms with Crippen LogP contribution in [0.25, 0.3) is 0 Å². The molecule has 1 aliphatic heterocycles. The molecule has 0 atom stereocenters. The van der Waals surface area contributed by atoms with E-state index in [9.17, 15) is 14.9 Å². The molecular weight excluding hydrogens is 346 g/mol. The molecule has 27 heavy (non-hydrogen) atoms. The lowest BCUT2D eigenvalue weighted by molar-refractivity contribution is -0.119. The van der Waals surface area contributed by atoms with Gasteiger partial charge in [0.15, 0.2) is 6.61 Å². The van der Waals surface area contributed by atoms with Gasteiger partial charge in [-0.15, -0.1) is 0 Å². The van der Waals surface area contributed by atoms with Crippen molar-refractivity contribution in [2.75, 3.05) is 37.7 Å². The van der Waals surface area contributed by atoms with Crippen LogP contribution in [-0.2, 0) is 4.79 Å². The largest absolute Gasteiger partial charge is 0.484 e. The minimum absolute atomic E-state index is 0.0716. The molecule has 0 unspecified atom stereocenters. The van der Waals surface area contributed by atoms with E-state index >= 15 is 0 Å². The molecule has 0 spiro atoms. The van der Waals surface area contributed by atoms with Crippen LogP contribution in [0.4, 0.5) is 5.82 Å². The molecule has 1 aromatic heterocycles. The highest BCUT2D eigenvalue weighted by Gasteiger charge is 2.24. The van der Waals surface area contributed by atoms with Crippen molar-refractivity contribution in [3.63, 3.8) is 0 Å². The Labute approximate surface area is 156 Å². The van der Waals surface area contributed by atoms with Gasteiger partial charge in [0, 0.05) is 37.9 Å². The van der Waals surface area contributed by atoms with Crippen LogP contribution in [0.15, 0.2) is 42.6 Å². The standard InChI is InChI=1S/C19H19N5O3/c20-12-15-2-1-7-22-18(15)23-8-10-24(11-9-23)19(26)14-3-5-16(6-4-14)27-13-17(21)25/h1-7H,8-11,13H2,(H2,21,25). The predicted molar refractivity (Wildman–Crippen MR) is 98.2 cm³/mol. The van der Waals surface area contributed by atoms with Crippen molar-refractivity contribution in [1.29, 1.82) is 5.26 Å². The molecule has 2 aromatic rings. The van der Waals surface area contributed by atoms with Crippen LogP contribution in [0.1, 0.15) is 15.9 Å². The zero-order chi connectivity index (χ0) is 19.2. The van der Waals surface area contributed by atoms with Gasteiger partial charge < -0.3 is 20.3 Å². The Morgan fingerprint density at radius 1 is 1.15 bits per heavy atom. The molecule has 0 radical (unpaired) electrons. The number of amides is 2. The highest BCUT2D eigenvalue weighted by Crippen LogP contribution is 2.19. The second kappa shape index (κ2) is 8.19. The molecule has 8 nitrogen and oxygen atoms in total. The number of anilines is 1. The van der Waals surface area contributed by atoms with E-state index in [2.05, 4.69) is 11.1 Å². The summed E-state index contributed by atoms with van der Waals surface area (Å²) < 4.78 is 5.19. The van der Waals surface area contributed by atoms with E-state index in [1.165, 1.54) is 0 Å². The zero-order valence-electron chi connectivity index (χ0n) is 14.7. The van der Waals surface area contributed by atoms with Gasteiger partial charge in [-0.1, -0.05) is 0 Å². The number of carbonyl (C=O) groups excluding carboxylic acids is 2. The number of nitrogens with zero attached hydrogens (tertiary/aromatic N) is 4. The first-order valence-electron chi connectivity index (χ1n) is 8.49. The summed E-state index contributed by atoms with van der Waals surface area (Å²) in [7, 11) is 0. The van der Waals surface area contributed by atoms with Gasteiger partial charge in [-0.2, -0.15) is 5.26 Å². The summed E-state index contributed by atoms with van der Waals surface area (Å²) in [5.74, 6) is 0.510. The summed E-state index contributed by atoms with van der Waals surface area (Å²) in [4.78, 5) is 31.5. The molecule has 1 aromatic carbocycles. The summed E-state index contributed by atoms with van der Waals surface area (Å²) >= 11 is 0. The van der Waals surface area contributed by atoms with Crippen LogP contribution in [0.5, 0.6) is 5.75 Å². The number of hydrogen-bond donors (Lipinski definition) is 1. The van der Waals surface area contributed by atoms with Crippen molar-refractivity contribution in [3.8, 4) is 11.8 Å². The molecule has 1 fully saturated rings. The third-order valence-electron chi connectivity index (χ3n) is 4.26. The van der Waals surface area contributed by atoms with E-state index in [4.69, 9.17) is 10.5 Å². The molecule has 2 amide bonds. The minimum atomic E-state index is -0.555. The number of primary amides is 1. The van der Waals surface area contributed by atoms with Crippen molar-refractivity contribution in [2.24, 2.45) is 5.73 Å². The third-order valence-corrected chi connectivity index (χ3v) is 4.26. The van der Waals surface area contributed by atoms with E-state index in [1.54, 1.807) is 47.5 Å². The third kappa shape index (κ3) is 4.33. The number of rotatable bonds is 5. The summed E-state index contributed by atoms with van der Waals surface area (Å²) in [6, 6.07) is 12.2. The summed E-state index contributed by atoms with van der Waals surface area (Å²) in [5, 5.41) is 9.21. The molecule has 138 valence electrons. The molecular formula is C19H19N5O3. The minimum Gasteiger partial charge on any atom is -0.484 e. The summed E-state index contributed by atoms with van der Waals surface area (Å²) in [6.07, 6.45) is 1.66. The summed E-state index contributed by atoms with van der Waals surface area (Å²) in [5.41, 5.74) is 6.11. The fourth-order valence-electron chi connectivity index (χ4n) is 2.89. The second-order valence-electron chi connectivity index (χ2n) is 6.04. The maximum atomic E-state index is 12.7. The van der Waals surface area contributed by atoms with Gasteiger partial charge in [-0.25, -0.2) is 4.98 Å². The van der Waals surface area contributed by atoms with E-state index < -0.39 is 5.91 Å². The first kappa shape index (κ1) is 18.2. The number of benzene rings is 1. The Kier molecular flexibility index (Phi) is 5.52. The normalized spacial score (nSPS) is 13.7. The first-order valence-corrected chi connectivity index (χ1v) is 8.49. The topological polar surface area (TPSA) is 113 Å². The van der Waals surface area contributed by atoms with Gasteiger partial charge in [0.2, 0.25) is 0 Å². The number of pyridine rings is 1. The van der Waals surface area contributed by atoms with E-state index in [1.807, 2.05) is 4.90 Å². The molecule has 1 saturated heterocycles. The number of carbonyl (C=O) groups is 2. The zero-order valence-corrected chi connectivity index (χ0v) is 14.7. The molecule has 0 aliphatic carbocycles. The number of nitrogens with two attached hydrogens (primary N) is 1. The highest BCUT2D eigenvalue weighted by molar-refractivity contribution is 5.94. The van der Waals surface area contributed by atoms with Gasteiger partial charge in [0.25, 0.3) is 11.8 Å². The number of nitriles is 1. The van der Waals surface area contributed by atoms with E-state index in [-0.39, 0.29) is 12.5 Å². The van der Waals surface area contributed by atoms with Crippen molar-refractivity contribution < 1.29 is 14.3 Å². The predicted octanol–water partition coefficient (Wildman–Crippen LogP) is 0.780.